The van der Waals surface area contributed by atoms with Crippen LogP contribution in [0.25, 0.3) is 11.0 Å². The molecule has 124 valence electrons. The van der Waals surface area contributed by atoms with Gasteiger partial charge in [-0.2, -0.15) is 0 Å². The molecule has 1 aliphatic heterocycles. The Morgan fingerprint density at radius 1 is 1.08 bits per heavy atom. The van der Waals surface area contributed by atoms with Crippen molar-refractivity contribution in [3.05, 3.63) is 69.7 Å². The zero-order chi connectivity index (χ0) is 17.2. The molecule has 25 heavy (non-hydrogen) atoms. The second kappa shape index (κ2) is 6.48. The average molecular weight is 333 g/mol. The van der Waals surface area contributed by atoms with Crippen LogP contribution in [-0.2, 0) is 13.0 Å². The Balaban J connectivity index is 1.77. The van der Waals surface area contributed by atoms with Crippen molar-refractivity contribution in [2.45, 2.75) is 32.2 Å². The molecule has 0 amide bonds. The van der Waals surface area contributed by atoms with E-state index in [1.54, 1.807) is 29.0 Å². The van der Waals surface area contributed by atoms with Gasteiger partial charge in [0.05, 0.1) is 5.52 Å². The Morgan fingerprint density at radius 2 is 1.96 bits per heavy atom. The molecule has 0 radical (unpaired) electrons. The Hall–Kier alpha value is -3.00. The van der Waals surface area contributed by atoms with Crippen LogP contribution in [-0.4, -0.2) is 14.5 Å². The minimum Gasteiger partial charge on any atom is -0.295 e. The van der Waals surface area contributed by atoms with E-state index in [1.165, 1.54) is 12.1 Å². The molecule has 0 spiro atoms. The quantitative estimate of drug-likeness (QED) is 0.594. The molecular weight excluding hydrogens is 317 g/mol. The number of fused-ring (bicyclic) bond motifs is 2. The number of halogens is 1. The number of aromatic nitrogens is 3. The van der Waals surface area contributed by atoms with Gasteiger partial charge in [-0.3, -0.25) is 9.36 Å². The lowest BCUT2D eigenvalue weighted by atomic mass is 10.2. The van der Waals surface area contributed by atoms with Crippen molar-refractivity contribution < 1.29 is 4.39 Å². The fourth-order valence-electron chi connectivity index (χ4n) is 3.08. The summed E-state index contributed by atoms with van der Waals surface area (Å²) < 4.78 is 15.0. The monoisotopic (exact) mass is 333 g/mol. The number of aryl methyl sites for hydroxylation is 1. The van der Waals surface area contributed by atoms with Crippen LogP contribution in [0.4, 0.5) is 4.39 Å². The molecular formula is C20H16FN3O. The molecule has 0 bridgehead atoms. The number of hydrogen-bond acceptors (Lipinski definition) is 3. The zero-order valence-corrected chi connectivity index (χ0v) is 13.6. The molecule has 0 saturated carbocycles. The third-order valence-electron chi connectivity index (χ3n) is 4.33. The first-order chi connectivity index (χ1) is 12.2. The van der Waals surface area contributed by atoms with Crippen molar-refractivity contribution >= 4 is 11.0 Å². The van der Waals surface area contributed by atoms with E-state index in [2.05, 4.69) is 21.8 Å². The molecule has 0 saturated heterocycles. The number of nitrogens with zero attached hydrogens (tertiary/aromatic N) is 3. The molecule has 3 aromatic rings. The van der Waals surface area contributed by atoms with E-state index in [4.69, 9.17) is 0 Å². The molecule has 2 aromatic heterocycles. The maximum atomic E-state index is 13.2. The first kappa shape index (κ1) is 15.5. The lowest BCUT2D eigenvalue weighted by Gasteiger charge is -2.09. The summed E-state index contributed by atoms with van der Waals surface area (Å²) in [5, 5.41) is 0. The van der Waals surface area contributed by atoms with Crippen molar-refractivity contribution in [1.29, 1.82) is 0 Å². The van der Waals surface area contributed by atoms with Crippen LogP contribution in [0.15, 0.2) is 41.3 Å². The Bertz CT molecular complexity index is 1080. The van der Waals surface area contributed by atoms with Crippen LogP contribution in [0, 0.1) is 17.7 Å². The highest BCUT2D eigenvalue weighted by molar-refractivity contribution is 5.74. The van der Waals surface area contributed by atoms with Gasteiger partial charge in [-0.25, -0.2) is 14.4 Å². The van der Waals surface area contributed by atoms with Crippen LogP contribution in [0.5, 0.6) is 0 Å². The predicted octanol–water partition coefficient (Wildman–Crippen LogP) is 3.06. The van der Waals surface area contributed by atoms with Crippen LogP contribution in [0.2, 0.25) is 0 Å². The lowest BCUT2D eigenvalue weighted by Crippen LogP contribution is -2.25. The van der Waals surface area contributed by atoms with Crippen LogP contribution >= 0.6 is 0 Å². The van der Waals surface area contributed by atoms with E-state index >= 15 is 0 Å². The molecule has 0 fully saturated rings. The second-order valence-electron chi connectivity index (χ2n) is 6.15. The molecule has 0 aliphatic carbocycles. The fourth-order valence-corrected chi connectivity index (χ4v) is 3.08. The smallest absolute Gasteiger partial charge is 0.280 e. The standard InChI is InChI=1S/C20H16FN3O/c21-16-6-4-5-14(11-16)8-9-15-12-17-19(22-13-15)20(25)24-10-3-1-2-7-18(24)23-17/h4-6,11-13H,1-3,7,10H2. The maximum absolute atomic E-state index is 13.2. The number of benzene rings is 1. The molecule has 4 nitrogen and oxygen atoms in total. The topological polar surface area (TPSA) is 47.8 Å². The predicted molar refractivity (Wildman–Crippen MR) is 93.7 cm³/mol. The summed E-state index contributed by atoms with van der Waals surface area (Å²) in [4.78, 5) is 21.6. The summed E-state index contributed by atoms with van der Waals surface area (Å²) >= 11 is 0. The summed E-state index contributed by atoms with van der Waals surface area (Å²) in [6.45, 7) is 0.708. The molecule has 0 unspecified atom stereocenters. The van der Waals surface area contributed by atoms with Crippen molar-refractivity contribution in [1.82, 2.24) is 14.5 Å². The van der Waals surface area contributed by atoms with E-state index in [1.807, 2.05) is 0 Å². The van der Waals surface area contributed by atoms with E-state index in [0.717, 1.165) is 31.5 Å². The van der Waals surface area contributed by atoms with Crippen LogP contribution < -0.4 is 5.56 Å². The van der Waals surface area contributed by atoms with Gasteiger partial charge < -0.3 is 0 Å². The van der Waals surface area contributed by atoms with Gasteiger partial charge in [-0.1, -0.05) is 24.3 Å². The van der Waals surface area contributed by atoms with E-state index in [9.17, 15) is 9.18 Å². The minimum atomic E-state index is -0.319. The van der Waals surface area contributed by atoms with E-state index in [-0.39, 0.29) is 11.4 Å². The van der Waals surface area contributed by atoms with Crippen molar-refractivity contribution in [2.75, 3.05) is 0 Å². The molecule has 1 aromatic carbocycles. The molecule has 1 aliphatic rings. The van der Waals surface area contributed by atoms with Gasteiger partial charge in [0.1, 0.15) is 11.6 Å². The first-order valence-electron chi connectivity index (χ1n) is 8.38. The highest BCUT2D eigenvalue weighted by atomic mass is 19.1. The highest BCUT2D eigenvalue weighted by Crippen LogP contribution is 2.14. The number of pyridine rings is 1. The fraction of sp³-hybridized carbons (Fsp3) is 0.250. The third kappa shape index (κ3) is 3.16. The van der Waals surface area contributed by atoms with Gasteiger partial charge in [0.2, 0.25) is 0 Å². The Morgan fingerprint density at radius 3 is 2.84 bits per heavy atom. The van der Waals surface area contributed by atoms with Crippen molar-refractivity contribution in [3.63, 3.8) is 0 Å². The highest BCUT2D eigenvalue weighted by Gasteiger charge is 2.14. The Labute approximate surface area is 144 Å². The Kier molecular flexibility index (Phi) is 4.02. The zero-order valence-electron chi connectivity index (χ0n) is 13.6. The largest absolute Gasteiger partial charge is 0.295 e. The summed E-state index contributed by atoms with van der Waals surface area (Å²) in [6, 6.07) is 7.91. The van der Waals surface area contributed by atoms with Crippen molar-refractivity contribution in [3.8, 4) is 11.8 Å². The normalized spacial score (nSPS) is 13.6. The summed E-state index contributed by atoms with van der Waals surface area (Å²) in [5.74, 6) is 6.38. The molecule has 3 heterocycles. The summed E-state index contributed by atoms with van der Waals surface area (Å²) in [7, 11) is 0. The van der Waals surface area contributed by atoms with E-state index in [0.29, 0.717) is 28.7 Å². The first-order valence-corrected chi connectivity index (χ1v) is 8.38. The van der Waals surface area contributed by atoms with E-state index < -0.39 is 0 Å². The maximum Gasteiger partial charge on any atom is 0.280 e. The average Bonchev–Trinajstić information content (AvgIpc) is 2.86. The van der Waals surface area contributed by atoms with Crippen LogP contribution in [0.3, 0.4) is 0 Å². The number of hydrogen-bond donors (Lipinski definition) is 0. The third-order valence-corrected chi connectivity index (χ3v) is 4.33. The molecule has 0 atom stereocenters. The van der Waals surface area contributed by atoms with Gasteiger partial charge in [0.25, 0.3) is 5.56 Å². The summed E-state index contributed by atoms with van der Waals surface area (Å²) in [5.41, 5.74) is 2.12. The SMILES string of the molecule is O=c1c2ncc(C#Cc3cccc(F)c3)cc2nc2n1CCCCC2. The van der Waals surface area contributed by atoms with Gasteiger partial charge >= 0.3 is 0 Å². The van der Waals surface area contributed by atoms with Crippen LogP contribution in [0.1, 0.15) is 36.2 Å². The van der Waals surface area contributed by atoms with Crippen molar-refractivity contribution in [2.24, 2.45) is 0 Å². The van der Waals surface area contributed by atoms with Gasteiger partial charge in [-0.15, -0.1) is 0 Å². The molecule has 5 heteroatoms. The number of rotatable bonds is 0. The van der Waals surface area contributed by atoms with Gasteiger partial charge in [-0.05, 0) is 37.1 Å². The molecule has 0 N–H and O–H groups in total. The molecule has 4 rings (SSSR count). The minimum absolute atomic E-state index is 0.0773. The lowest BCUT2D eigenvalue weighted by molar-refractivity contribution is 0.613. The van der Waals surface area contributed by atoms with Gasteiger partial charge in [0.15, 0.2) is 5.52 Å². The second-order valence-corrected chi connectivity index (χ2v) is 6.15. The summed E-state index contributed by atoms with van der Waals surface area (Å²) in [6.07, 6.45) is 5.53. The van der Waals surface area contributed by atoms with Gasteiger partial charge in [0, 0.05) is 30.3 Å².